The number of hydrogen-bond donors (Lipinski definition) is 2. The average molecular weight is 144 g/mol. The smallest absolute Gasteiger partial charge is 0.0880 e. The maximum absolute atomic E-state index is 9.60. The predicted octanol–water partition coefficient (Wildman–Crippen LogP) is 0.920. The van der Waals surface area contributed by atoms with Crippen molar-refractivity contribution in [2.45, 2.75) is 38.2 Å². The van der Waals surface area contributed by atoms with Gasteiger partial charge >= 0.3 is 0 Å². The Labute approximate surface area is 61.9 Å². The standard InChI is InChI=1S/C8H16O2/c1-7-3-2-4-8(10,5-7)6-9/h7,9-10H,2-6H2,1H3/t7-,8+/m0/s1. The summed E-state index contributed by atoms with van der Waals surface area (Å²) in [5.74, 6) is 0.575. The summed E-state index contributed by atoms with van der Waals surface area (Å²) in [6.07, 6.45) is 3.79. The summed E-state index contributed by atoms with van der Waals surface area (Å²) in [5.41, 5.74) is -0.752. The lowest BCUT2D eigenvalue weighted by atomic mass is 9.79. The molecule has 1 saturated carbocycles. The van der Waals surface area contributed by atoms with Crippen molar-refractivity contribution in [3.8, 4) is 0 Å². The van der Waals surface area contributed by atoms with Crippen molar-refractivity contribution >= 4 is 0 Å². The summed E-state index contributed by atoms with van der Waals surface area (Å²) in [7, 11) is 0. The van der Waals surface area contributed by atoms with Gasteiger partial charge in [-0.1, -0.05) is 19.8 Å². The van der Waals surface area contributed by atoms with Crippen molar-refractivity contribution in [2.24, 2.45) is 5.92 Å². The molecule has 2 heteroatoms. The molecule has 10 heavy (non-hydrogen) atoms. The molecule has 2 atom stereocenters. The lowest BCUT2D eigenvalue weighted by Gasteiger charge is -2.33. The molecule has 0 bridgehead atoms. The zero-order chi connectivity index (χ0) is 7.61. The third kappa shape index (κ3) is 1.70. The number of aliphatic hydroxyl groups is 2. The van der Waals surface area contributed by atoms with Crippen molar-refractivity contribution in [1.29, 1.82) is 0 Å². The molecule has 2 N–H and O–H groups in total. The van der Waals surface area contributed by atoms with Crippen LogP contribution >= 0.6 is 0 Å². The van der Waals surface area contributed by atoms with E-state index in [1.165, 1.54) is 6.42 Å². The molecule has 1 fully saturated rings. The molecule has 1 aliphatic rings. The Bertz CT molecular complexity index is 114. The van der Waals surface area contributed by atoms with Gasteiger partial charge in [0.25, 0.3) is 0 Å². The second-order valence-electron chi connectivity index (χ2n) is 3.58. The van der Waals surface area contributed by atoms with Crippen LogP contribution in [0.2, 0.25) is 0 Å². The highest BCUT2D eigenvalue weighted by Crippen LogP contribution is 2.31. The first-order valence-corrected chi connectivity index (χ1v) is 3.99. The molecule has 0 aromatic rings. The maximum Gasteiger partial charge on any atom is 0.0880 e. The van der Waals surface area contributed by atoms with Gasteiger partial charge in [0.15, 0.2) is 0 Å². The Morgan fingerprint density at radius 2 is 2.30 bits per heavy atom. The molecule has 0 saturated heterocycles. The van der Waals surface area contributed by atoms with Gasteiger partial charge in [-0.3, -0.25) is 0 Å². The number of hydrogen-bond acceptors (Lipinski definition) is 2. The molecule has 0 spiro atoms. The van der Waals surface area contributed by atoms with Crippen molar-refractivity contribution in [1.82, 2.24) is 0 Å². The van der Waals surface area contributed by atoms with Gasteiger partial charge in [-0.05, 0) is 18.8 Å². The van der Waals surface area contributed by atoms with Gasteiger partial charge in [0.05, 0.1) is 12.2 Å². The third-order valence-corrected chi connectivity index (χ3v) is 2.36. The van der Waals surface area contributed by atoms with Crippen LogP contribution < -0.4 is 0 Å². The molecule has 0 unspecified atom stereocenters. The fourth-order valence-corrected chi connectivity index (χ4v) is 1.78. The summed E-state index contributed by atoms with van der Waals surface area (Å²) < 4.78 is 0. The topological polar surface area (TPSA) is 40.5 Å². The Balaban J connectivity index is 2.45. The highest BCUT2D eigenvalue weighted by Gasteiger charge is 2.31. The van der Waals surface area contributed by atoms with Crippen LogP contribution in [0.1, 0.15) is 32.6 Å². The van der Waals surface area contributed by atoms with Crippen LogP contribution in [-0.4, -0.2) is 22.4 Å². The minimum absolute atomic E-state index is 0.0721. The van der Waals surface area contributed by atoms with Crippen molar-refractivity contribution in [2.75, 3.05) is 6.61 Å². The molecular weight excluding hydrogens is 128 g/mol. The van der Waals surface area contributed by atoms with Crippen LogP contribution in [0.25, 0.3) is 0 Å². The van der Waals surface area contributed by atoms with E-state index in [2.05, 4.69) is 6.92 Å². The summed E-state index contributed by atoms with van der Waals surface area (Å²) >= 11 is 0. The van der Waals surface area contributed by atoms with Crippen LogP contribution in [0.5, 0.6) is 0 Å². The van der Waals surface area contributed by atoms with Crippen molar-refractivity contribution in [3.05, 3.63) is 0 Å². The second-order valence-corrected chi connectivity index (χ2v) is 3.58. The summed E-state index contributed by atoms with van der Waals surface area (Å²) in [6, 6.07) is 0. The van der Waals surface area contributed by atoms with E-state index in [9.17, 15) is 5.11 Å². The fourth-order valence-electron chi connectivity index (χ4n) is 1.78. The zero-order valence-electron chi connectivity index (χ0n) is 6.51. The molecule has 0 radical (unpaired) electrons. The van der Waals surface area contributed by atoms with Gasteiger partial charge in [0.1, 0.15) is 0 Å². The minimum Gasteiger partial charge on any atom is -0.393 e. The van der Waals surface area contributed by atoms with Crippen LogP contribution in [0, 0.1) is 5.92 Å². The molecule has 0 aliphatic heterocycles. The SMILES string of the molecule is C[C@H]1CCC[C@](O)(CO)C1. The van der Waals surface area contributed by atoms with Gasteiger partial charge in [-0.25, -0.2) is 0 Å². The van der Waals surface area contributed by atoms with E-state index >= 15 is 0 Å². The molecule has 1 rings (SSSR count). The molecular formula is C8H16O2. The fraction of sp³-hybridized carbons (Fsp3) is 1.00. The van der Waals surface area contributed by atoms with Crippen LogP contribution in [-0.2, 0) is 0 Å². The lowest BCUT2D eigenvalue weighted by Crippen LogP contribution is -2.38. The molecule has 0 aromatic heterocycles. The van der Waals surface area contributed by atoms with E-state index in [4.69, 9.17) is 5.11 Å². The Hall–Kier alpha value is -0.0800. The first kappa shape index (κ1) is 8.02. The predicted molar refractivity (Wildman–Crippen MR) is 39.7 cm³/mol. The summed E-state index contributed by atoms with van der Waals surface area (Å²) in [4.78, 5) is 0. The molecule has 60 valence electrons. The molecule has 0 heterocycles. The first-order valence-electron chi connectivity index (χ1n) is 3.99. The monoisotopic (exact) mass is 144 g/mol. The minimum atomic E-state index is -0.752. The van der Waals surface area contributed by atoms with Crippen LogP contribution in [0.3, 0.4) is 0 Å². The quantitative estimate of drug-likeness (QED) is 0.574. The van der Waals surface area contributed by atoms with Gasteiger partial charge in [-0.2, -0.15) is 0 Å². The largest absolute Gasteiger partial charge is 0.393 e. The summed E-state index contributed by atoms with van der Waals surface area (Å²) in [5, 5.41) is 18.4. The molecule has 2 nitrogen and oxygen atoms in total. The van der Waals surface area contributed by atoms with Crippen molar-refractivity contribution < 1.29 is 10.2 Å². The normalized spacial score (nSPS) is 41.7. The van der Waals surface area contributed by atoms with Crippen molar-refractivity contribution in [3.63, 3.8) is 0 Å². The van der Waals surface area contributed by atoms with E-state index in [1.54, 1.807) is 0 Å². The Morgan fingerprint density at radius 3 is 2.70 bits per heavy atom. The first-order chi connectivity index (χ1) is 4.66. The van der Waals surface area contributed by atoms with Gasteiger partial charge in [0.2, 0.25) is 0 Å². The Kier molecular flexibility index (Phi) is 2.32. The van der Waals surface area contributed by atoms with E-state index in [0.29, 0.717) is 5.92 Å². The van der Waals surface area contributed by atoms with E-state index in [-0.39, 0.29) is 6.61 Å². The van der Waals surface area contributed by atoms with E-state index in [0.717, 1.165) is 19.3 Å². The third-order valence-electron chi connectivity index (χ3n) is 2.36. The van der Waals surface area contributed by atoms with Crippen LogP contribution in [0.15, 0.2) is 0 Å². The zero-order valence-corrected chi connectivity index (χ0v) is 6.51. The van der Waals surface area contributed by atoms with E-state index in [1.807, 2.05) is 0 Å². The summed E-state index contributed by atoms with van der Waals surface area (Å²) in [6.45, 7) is 2.05. The molecule has 1 aliphatic carbocycles. The second kappa shape index (κ2) is 2.89. The highest BCUT2D eigenvalue weighted by molar-refractivity contribution is 4.83. The highest BCUT2D eigenvalue weighted by atomic mass is 16.3. The average Bonchev–Trinajstić information content (AvgIpc) is 1.88. The number of aliphatic hydroxyl groups excluding tert-OH is 1. The Morgan fingerprint density at radius 1 is 1.60 bits per heavy atom. The molecule has 0 amide bonds. The van der Waals surface area contributed by atoms with Gasteiger partial charge < -0.3 is 10.2 Å². The van der Waals surface area contributed by atoms with Gasteiger partial charge in [0, 0.05) is 0 Å². The van der Waals surface area contributed by atoms with E-state index < -0.39 is 5.60 Å². The lowest BCUT2D eigenvalue weighted by molar-refractivity contribution is -0.0548. The maximum atomic E-state index is 9.60. The van der Waals surface area contributed by atoms with Gasteiger partial charge in [-0.15, -0.1) is 0 Å². The molecule has 0 aromatic carbocycles. The van der Waals surface area contributed by atoms with Crippen LogP contribution in [0.4, 0.5) is 0 Å². The number of rotatable bonds is 1.